The maximum absolute atomic E-state index is 5.67. The molecule has 0 radical (unpaired) electrons. The zero-order valence-electron chi connectivity index (χ0n) is 9.09. The van der Waals surface area contributed by atoms with Crippen LogP contribution in [-0.4, -0.2) is 18.3 Å². The molecule has 0 aliphatic heterocycles. The Morgan fingerprint density at radius 3 is 2.80 bits per heavy atom. The van der Waals surface area contributed by atoms with Gasteiger partial charge in [-0.05, 0) is 34.1 Å². The number of nitrogens with two attached hydrogens (primary N) is 1. The monoisotopic (exact) mass is 288 g/mol. The fraction of sp³-hybridized carbons (Fsp3) is 0.455. The zero-order chi connectivity index (χ0) is 11.3. The van der Waals surface area contributed by atoms with Crippen LogP contribution in [0.25, 0.3) is 0 Å². The standard InChI is InChI=1S/C11H17BrN2S/c1-8(2)14-5-6-15-11-4-3-9(13)7-10(11)12/h3-4,7-8,14H,5-6,13H2,1-2H3. The van der Waals surface area contributed by atoms with E-state index < -0.39 is 0 Å². The van der Waals surface area contributed by atoms with Crippen LogP contribution in [0.3, 0.4) is 0 Å². The molecule has 4 heteroatoms. The first-order chi connectivity index (χ1) is 7.09. The third-order valence-electron chi connectivity index (χ3n) is 1.87. The van der Waals surface area contributed by atoms with Crippen molar-refractivity contribution < 1.29 is 0 Å². The molecule has 0 heterocycles. The van der Waals surface area contributed by atoms with E-state index in [2.05, 4.69) is 41.2 Å². The van der Waals surface area contributed by atoms with Crippen LogP contribution in [0.15, 0.2) is 27.6 Å². The number of hydrogen-bond acceptors (Lipinski definition) is 3. The molecule has 1 aromatic carbocycles. The lowest BCUT2D eigenvalue weighted by Gasteiger charge is -2.08. The molecule has 0 spiro atoms. The molecule has 15 heavy (non-hydrogen) atoms. The first-order valence-electron chi connectivity index (χ1n) is 5.01. The van der Waals surface area contributed by atoms with Gasteiger partial charge >= 0.3 is 0 Å². The molecule has 0 saturated carbocycles. The van der Waals surface area contributed by atoms with Gasteiger partial charge in [0.2, 0.25) is 0 Å². The van der Waals surface area contributed by atoms with Crippen LogP contribution in [0.4, 0.5) is 5.69 Å². The molecule has 84 valence electrons. The highest BCUT2D eigenvalue weighted by atomic mass is 79.9. The second-order valence-electron chi connectivity index (χ2n) is 3.65. The lowest BCUT2D eigenvalue weighted by atomic mass is 10.3. The number of nitrogens with one attached hydrogen (secondary N) is 1. The van der Waals surface area contributed by atoms with E-state index in [0.717, 1.165) is 22.5 Å². The normalized spacial score (nSPS) is 10.9. The number of thioether (sulfide) groups is 1. The fourth-order valence-electron chi connectivity index (χ4n) is 1.14. The molecule has 1 aromatic rings. The number of halogens is 1. The van der Waals surface area contributed by atoms with Gasteiger partial charge in [0.15, 0.2) is 0 Å². The average Bonchev–Trinajstić information content (AvgIpc) is 2.14. The summed E-state index contributed by atoms with van der Waals surface area (Å²) in [6.45, 7) is 5.34. The number of benzene rings is 1. The molecule has 0 bridgehead atoms. The average molecular weight is 289 g/mol. The van der Waals surface area contributed by atoms with Crippen molar-refractivity contribution in [3.63, 3.8) is 0 Å². The van der Waals surface area contributed by atoms with Crippen molar-refractivity contribution in [3.05, 3.63) is 22.7 Å². The Balaban J connectivity index is 2.37. The van der Waals surface area contributed by atoms with Crippen LogP contribution < -0.4 is 11.1 Å². The van der Waals surface area contributed by atoms with Gasteiger partial charge in [0.25, 0.3) is 0 Å². The maximum Gasteiger partial charge on any atom is 0.0331 e. The van der Waals surface area contributed by atoms with E-state index in [1.807, 2.05) is 23.9 Å². The van der Waals surface area contributed by atoms with Gasteiger partial charge in [-0.25, -0.2) is 0 Å². The van der Waals surface area contributed by atoms with E-state index in [-0.39, 0.29) is 0 Å². The predicted molar refractivity (Wildman–Crippen MR) is 72.4 cm³/mol. The van der Waals surface area contributed by atoms with Gasteiger partial charge in [-0.2, -0.15) is 0 Å². The largest absolute Gasteiger partial charge is 0.399 e. The summed E-state index contributed by atoms with van der Waals surface area (Å²) in [6.07, 6.45) is 0. The summed E-state index contributed by atoms with van der Waals surface area (Å²) in [5.74, 6) is 1.07. The first-order valence-corrected chi connectivity index (χ1v) is 6.78. The zero-order valence-corrected chi connectivity index (χ0v) is 11.5. The van der Waals surface area contributed by atoms with Gasteiger partial charge < -0.3 is 11.1 Å². The summed E-state index contributed by atoms with van der Waals surface area (Å²) >= 11 is 5.34. The van der Waals surface area contributed by atoms with Crippen molar-refractivity contribution in [2.45, 2.75) is 24.8 Å². The predicted octanol–water partition coefficient (Wildman–Crippen LogP) is 3.12. The number of nitrogen functional groups attached to an aromatic ring is 1. The molecule has 0 aliphatic carbocycles. The molecule has 0 aliphatic rings. The quantitative estimate of drug-likeness (QED) is 0.497. The van der Waals surface area contributed by atoms with E-state index in [9.17, 15) is 0 Å². The Labute approximate surface area is 104 Å². The van der Waals surface area contributed by atoms with Crippen molar-refractivity contribution in [1.29, 1.82) is 0 Å². The Kier molecular flexibility index (Phi) is 5.50. The van der Waals surface area contributed by atoms with E-state index in [1.54, 1.807) is 0 Å². The minimum Gasteiger partial charge on any atom is -0.399 e. The second-order valence-corrected chi connectivity index (χ2v) is 5.64. The first kappa shape index (κ1) is 12.9. The van der Waals surface area contributed by atoms with Crippen LogP contribution in [0.5, 0.6) is 0 Å². The highest BCUT2D eigenvalue weighted by molar-refractivity contribution is 9.10. The van der Waals surface area contributed by atoms with Gasteiger partial charge in [0.05, 0.1) is 0 Å². The maximum atomic E-state index is 5.67. The molecule has 1 rings (SSSR count). The number of rotatable bonds is 5. The Bertz CT molecular complexity index is 315. The molecular weight excluding hydrogens is 272 g/mol. The molecule has 0 fully saturated rings. The molecule has 0 amide bonds. The van der Waals surface area contributed by atoms with Crippen molar-refractivity contribution in [2.75, 3.05) is 18.0 Å². The Morgan fingerprint density at radius 1 is 1.47 bits per heavy atom. The fourth-order valence-corrected chi connectivity index (χ4v) is 2.68. The minimum absolute atomic E-state index is 0.556. The summed E-state index contributed by atoms with van der Waals surface area (Å²) in [4.78, 5) is 1.25. The summed E-state index contributed by atoms with van der Waals surface area (Å²) in [7, 11) is 0. The van der Waals surface area contributed by atoms with Gasteiger partial charge in [-0.15, -0.1) is 11.8 Å². The van der Waals surface area contributed by atoms with Crippen LogP contribution in [0, 0.1) is 0 Å². The minimum atomic E-state index is 0.556. The lowest BCUT2D eigenvalue weighted by molar-refractivity contribution is 0.616. The third-order valence-corrected chi connectivity index (χ3v) is 3.86. The molecule has 0 unspecified atom stereocenters. The third kappa shape index (κ3) is 4.91. The van der Waals surface area contributed by atoms with Crippen molar-refractivity contribution in [1.82, 2.24) is 5.32 Å². The number of hydrogen-bond donors (Lipinski definition) is 2. The molecular formula is C11H17BrN2S. The SMILES string of the molecule is CC(C)NCCSc1ccc(N)cc1Br. The van der Waals surface area contributed by atoms with Gasteiger partial charge in [0, 0.05) is 33.4 Å². The van der Waals surface area contributed by atoms with Crippen LogP contribution in [0.1, 0.15) is 13.8 Å². The van der Waals surface area contributed by atoms with Crippen LogP contribution in [-0.2, 0) is 0 Å². The lowest BCUT2D eigenvalue weighted by Crippen LogP contribution is -2.24. The highest BCUT2D eigenvalue weighted by Gasteiger charge is 2.00. The Hall–Kier alpha value is -0.190. The van der Waals surface area contributed by atoms with Crippen LogP contribution in [0.2, 0.25) is 0 Å². The van der Waals surface area contributed by atoms with Crippen molar-refractivity contribution in [2.24, 2.45) is 0 Å². The van der Waals surface area contributed by atoms with Crippen molar-refractivity contribution in [3.8, 4) is 0 Å². The van der Waals surface area contributed by atoms with Crippen molar-refractivity contribution >= 4 is 33.4 Å². The molecule has 0 saturated heterocycles. The van der Waals surface area contributed by atoms with E-state index >= 15 is 0 Å². The van der Waals surface area contributed by atoms with E-state index in [0.29, 0.717) is 6.04 Å². The Morgan fingerprint density at radius 2 is 2.20 bits per heavy atom. The second kappa shape index (κ2) is 6.40. The number of anilines is 1. The molecule has 0 aromatic heterocycles. The molecule has 3 N–H and O–H groups in total. The highest BCUT2D eigenvalue weighted by Crippen LogP contribution is 2.28. The summed E-state index contributed by atoms with van der Waals surface area (Å²) in [5, 5.41) is 3.39. The summed E-state index contributed by atoms with van der Waals surface area (Å²) in [6, 6.07) is 6.49. The van der Waals surface area contributed by atoms with E-state index in [4.69, 9.17) is 5.73 Å². The van der Waals surface area contributed by atoms with Gasteiger partial charge in [-0.1, -0.05) is 13.8 Å². The smallest absolute Gasteiger partial charge is 0.0331 e. The van der Waals surface area contributed by atoms with Gasteiger partial charge in [-0.3, -0.25) is 0 Å². The van der Waals surface area contributed by atoms with Crippen LogP contribution >= 0.6 is 27.7 Å². The summed E-state index contributed by atoms with van der Waals surface area (Å²) < 4.78 is 1.08. The van der Waals surface area contributed by atoms with Gasteiger partial charge in [0.1, 0.15) is 0 Å². The summed E-state index contributed by atoms with van der Waals surface area (Å²) in [5.41, 5.74) is 6.47. The molecule has 2 nitrogen and oxygen atoms in total. The van der Waals surface area contributed by atoms with E-state index in [1.165, 1.54) is 4.90 Å². The molecule has 0 atom stereocenters. The topological polar surface area (TPSA) is 38.0 Å².